The van der Waals surface area contributed by atoms with Crippen molar-refractivity contribution >= 4 is 17.1 Å². The van der Waals surface area contributed by atoms with Gasteiger partial charge in [-0.25, -0.2) is 4.98 Å². The van der Waals surface area contributed by atoms with E-state index in [1.54, 1.807) is 0 Å². The molecule has 0 spiro atoms. The molecule has 3 aromatic rings. The van der Waals surface area contributed by atoms with Crippen molar-refractivity contribution in [3.8, 4) is 0 Å². The van der Waals surface area contributed by atoms with Crippen LogP contribution in [-0.2, 0) is 6.42 Å². The highest BCUT2D eigenvalue weighted by Crippen LogP contribution is 2.33. The van der Waals surface area contributed by atoms with Gasteiger partial charge in [-0.2, -0.15) is 0 Å². The second kappa shape index (κ2) is 4.70. The van der Waals surface area contributed by atoms with Crippen LogP contribution in [0.25, 0.3) is 5.52 Å². The van der Waals surface area contributed by atoms with Gasteiger partial charge in [-0.15, -0.1) is 0 Å². The van der Waals surface area contributed by atoms with Crippen LogP contribution in [0, 0.1) is 6.92 Å². The van der Waals surface area contributed by atoms with Gasteiger partial charge in [-0.3, -0.25) is 4.79 Å². The zero-order chi connectivity index (χ0) is 15.3. The summed E-state index contributed by atoms with van der Waals surface area (Å²) >= 11 is 0. The third kappa shape index (κ3) is 1.77. The van der Waals surface area contributed by atoms with Gasteiger partial charge in [0, 0.05) is 17.9 Å². The van der Waals surface area contributed by atoms with Gasteiger partial charge in [0.2, 0.25) is 0 Å². The maximum absolute atomic E-state index is 13.1. The molecule has 1 aromatic carbocycles. The second-order valence-electron chi connectivity index (χ2n) is 5.82. The second-order valence-corrected chi connectivity index (χ2v) is 5.82. The van der Waals surface area contributed by atoms with Crippen molar-refractivity contribution in [3.63, 3.8) is 0 Å². The summed E-state index contributed by atoms with van der Waals surface area (Å²) in [6.07, 6.45) is 2.84. The maximum Gasteiger partial charge on any atom is 0.279 e. The molecule has 1 aliphatic rings. The molecule has 0 saturated carbocycles. The molecule has 4 heteroatoms. The van der Waals surface area contributed by atoms with Crippen LogP contribution >= 0.6 is 0 Å². The van der Waals surface area contributed by atoms with E-state index in [9.17, 15) is 4.79 Å². The van der Waals surface area contributed by atoms with Crippen LogP contribution in [0.4, 0.5) is 5.69 Å². The Morgan fingerprint density at radius 2 is 1.95 bits per heavy atom. The van der Waals surface area contributed by atoms with Crippen LogP contribution in [0.15, 0.2) is 48.7 Å². The Morgan fingerprint density at radius 1 is 1.18 bits per heavy atom. The van der Waals surface area contributed by atoms with Gasteiger partial charge < -0.3 is 9.30 Å². The molecule has 0 aliphatic carbocycles. The number of benzene rings is 1. The van der Waals surface area contributed by atoms with Crippen LogP contribution < -0.4 is 4.90 Å². The van der Waals surface area contributed by atoms with Gasteiger partial charge in [-0.1, -0.05) is 24.3 Å². The van der Waals surface area contributed by atoms with Crippen molar-refractivity contribution in [2.75, 3.05) is 4.90 Å². The molecule has 0 saturated heterocycles. The van der Waals surface area contributed by atoms with E-state index in [-0.39, 0.29) is 11.9 Å². The number of anilines is 1. The third-order valence-electron chi connectivity index (χ3n) is 4.35. The number of hydrogen-bond acceptors (Lipinski definition) is 2. The molecule has 0 radical (unpaired) electrons. The predicted molar refractivity (Wildman–Crippen MR) is 86.3 cm³/mol. The molecule has 4 rings (SSSR count). The first-order valence-corrected chi connectivity index (χ1v) is 7.52. The quantitative estimate of drug-likeness (QED) is 0.690. The zero-order valence-corrected chi connectivity index (χ0v) is 12.7. The summed E-state index contributed by atoms with van der Waals surface area (Å²) in [5.41, 5.74) is 3.63. The summed E-state index contributed by atoms with van der Waals surface area (Å²) in [6, 6.07) is 14.1. The summed E-state index contributed by atoms with van der Waals surface area (Å²) in [6.45, 7) is 4.01. The number of amides is 1. The van der Waals surface area contributed by atoms with Gasteiger partial charge in [0.05, 0.1) is 5.52 Å². The van der Waals surface area contributed by atoms with Crippen molar-refractivity contribution < 1.29 is 4.79 Å². The minimum absolute atomic E-state index is 0.0192. The lowest BCUT2D eigenvalue weighted by molar-refractivity contribution is 0.0978. The van der Waals surface area contributed by atoms with E-state index in [2.05, 4.69) is 18.0 Å². The molecule has 2 aromatic heterocycles. The van der Waals surface area contributed by atoms with Gasteiger partial charge in [0.25, 0.3) is 5.91 Å². The molecule has 0 N–H and O–H groups in total. The number of fused-ring (bicyclic) bond motifs is 2. The minimum atomic E-state index is -0.0192. The molecule has 1 amide bonds. The monoisotopic (exact) mass is 291 g/mol. The Labute approximate surface area is 129 Å². The fraction of sp³-hybridized carbons (Fsp3) is 0.222. The highest BCUT2D eigenvalue weighted by Gasteiger charge is 2.33. The molecule has 1 atom stereocenters. The van der Waals surface area contributed by atoms with E-state index in [0.717, 1.165) is 23.4 Å². The molecular weight excluding hydrogens is 274 g/mol. The Balaban J connectivity index is 1.85. The number of pyridine rings is 1. The molecule has 0 bridgehead atoms. The van der Waals surface area contributed by atoms with Crippen molar-refractivity contribution in [3.05, 3.63) is 65.7 Å². The number of hydrogen-bond donors (Lipinski definition) is 0. The lowest BCUT2D eigenvalue weighted by Gasteiger charge is -2.21. The normalized spacial score (nSPS) is 17.0. The number of nitrogens with zero attached hydrogens (tertiary/aromatic N) is 3. The Kier molecular flexibility index (Phi) is 2.79. The standard InChI is InChI=1S/C18H17N3O/c1-12-11-14-7-3-4-8-15(14)21(12)18(22)17-16-9-5-6-10-20(16)13(2)19-17/h3-10,12H,11H2,1-2H3. The maximum atomic E-state index is 13.1. The molecule has 1 unspecified atom stereocenters. The molecule has 4 nitrogen and oxygen atoms in total. The number of carbonyl (C=O) groups excluding carboxylic acids is 1. The first kappa shape index (κ1) is 13.1. The number of aromatic nitrogens is 2. The lowest BCUT2D eigenvalue weighted by atomic mass is 10.1. The average molecular weight is 291 g/mol. The molecule has 1 aliphatic heterocycles. The summed E-state index contributed by atoms with van der Waals surface area (Å²) in [5.74, 6) is 0.813. The SMILES string of the molecule is Cc1nc(C(=O)N2c3ccccc3CC2C)c2ccccn12. The summed E-state index contributed by atoms with van der Waals surface area (Å²) in [7, 11) is 0. The number of imidazole rings is 1. The predicted octanol–water partition coefficient (Wildman–Crippen LogP) is 3.23. The number of aryl methyl sites for hydroxylation is 1. The summed E-state index contributed by atoms with van der Waals surface area (Å²) < 4.78 is 1.96. The highest BCUT2D eigenvalue weighted by atomic mass is 16.2. The lowest BCUT2D eigenvalue weighted by Crippen LogP contribution is -2.36. The molecule has 110 valence electrons. The van der Waals surface area contributed by atoms with Gasteiger partial charge >= 0.3 is 0 Å². The smallest absolute Gasteiger partial charge is 0.279 e. The average Bonchev–Trinajstić information content (AvgIpc) is 3.04. The van der Waals surface area contributed by atoms with Crippen molar-refractivity contribution in [2.24, 2.45) is 0 Å². The first-order valence-electron chi connectivity index (χ1n) is 7.52. The molecule has 3 heterocycles. The largest absolute Gasteiger partial charge is 0.304 e. The summed E-state index contributed by atoms with van der Waals surface area (Å²) in [4.78, 5) is 19.5. The zero-order valence-electron chi connectivity index (χ0n) is 12.7. The van der Waals surface area contributed by atoms with E-state index in [4.69, 9.17) is 0 Å². The van der Waals surface area contributed by atoms with E-state index in [1.165, 1.54) is 5.56 Å². The van der Waals surface area contributed by atoms with Crippen LogP contribution in [0.5, 0.6) is 0 Å². The fourth-order valence-corrected chi connectivity index (χ4v) is 3.34. The third-order valence-corrected chi connectivity index (χ3v) is 4.35. The molecule has 0 fully saturated rings. The van der Waals surface area contributed by atoms with Crippen LogP contribution in [-0.4, -0.2) is 21.3 Å². The fourth-order valence-electron chi connectivity index (χ4n) is 3.34. The Morgan fingerprint density at radius 3 is 2.82 bits per heavy atom. The number of carbonyl (C=O) groups is 1. The minimum Gasteiger partial charge on any atom is -0.304 e. The van der Waals surface area contributed by atoms with Crippen molar-refractivity contribution in [1.29, 1.82) is 0 Å². The topological polar surface area (TPSA) is 37.6 Å². The van der Waals surface area contributed by atoms with E-state index >= 15 is 0 Å². The van der Waals surface area contributed by atoms with Gasteiger partial charge in [0.15, 0.2) is 5.69 Å². The molecule has 22 heavy (non-hydrogen) atoms. The van der Waals surface area contributed by atoms with Gasteiger partial charge in [0.1, 0.15) is 5.82 Å². The first-order chi connectivity index (χ1) is 10.7. The molecular formula is C18H17N3O. The Bertz CT molecular complexity index is 881. The van der Waals surface area contributed by atoms with E-state index in [0.29, 0.717) is 5.69 Å². The number of rotatable bonds is 1. The van der Waals surface area contributed by atoms with Crippen LogP contribution in [0.3, 0.4) is 0 Å². The van der Waals surface area contributed by atoms with Crippen LogP contribution in [0.1, 0.15) is 28.8 Å². The van der Waals surface area contributed by atoms with E-state index < -0.39 is 0 Å². The highest BCUT2D eigenvalue weighted by molar-refractivity contribution is 6.10. The Hall–Kier alpha value is -2.62. The van der Waals surface area contributed by atoms with E-state index in [1.807, 2.05) is 58.8 Å². The van der Waals surface area contributed by atoms with Crippen LogP contribution in [0.2, 0.25) is 0 Å². The van der Waals surface area contributed by atoms with Crippen molar-refractivity contribution in [2.45, 2.75) is 26.3 Å². The number of para-hydroxylation sites is 1. The van der Waals surface area contributed by atoms with Gasteiger partial charge in [-0.05, 0) is 44.0 Å². The summed E-state index contributed by atoms with van der Waals surface area (Å²) in [5, 5.41) is 0. The van der Waals surface area contributed by atoms with Crippen molar-refractivity contribution in [1.82, 2.24) is 9.38 Å².